The van der Waals surface area contributed by atoms with Gasteiger partial charge < -0.3 is 15.4 Å². The maximum Gasteiger partial charge on any atom is 0.250 e. The zero-order valence-electron chi connectivity index (χ0n) is 13.8. The van der Waals surface area contributed by atoms with Crippen LogP contribution in [0.5, 0.6) is 0 Å². The van der Waals surface area contributed by atoms with Crippen LogP contribution in [-0.2, 0) is 19.6 Å². The fourth-order valence-corrected chi connectivity index (χ4v) is 4.81. The minimum atomic E-state index is -3.64. The van der Waals surface area contributed by atoms with Crippen molar-refractivity contribution in [3.05, 3.63) is 17.5 Å². The molecule has 24 heavy (non-hydrogen) atoms. The molecule has 0 saturated carbocycles. The molecule has 0 aromatic carbocycles. The first-order valence-electron chi connectivity index (χ1n) is 8.10. The van der Waals surface area contributed by atoms with Crippen LogP contribution < -0.4 is 10.5 Å². The molecule has 1 fully saturated rings. The van der Waals surface area contributed by atoms with E-state index in [9.17, 15) is 13.2 Å². The standard InChI is InChI=1S/C15H25N3O4S2/c1-12(17-24(20,21)14-4-2-11-23-14)15(19)18-8-5-13(6-9-18)22-10-3-7-16/h2,4,11-13,17H,3,5-10,16H2,1H3. The van der Waals surface area contributed by atoms with Crippen LogP contribution in [0.3, 0.4) is 0 Å². The van der Waals surface area contributed by atoms with Crippen molar-refractivity contribution in [1.29, 1.82) is 0 Å². The van der Waals surface area contributed by atoms with E-state index in [4.69, 9.17) is 10.5 Å². The van der Waals surface area contributed by atoms with Crippen molar-refractivity contribution in [3.8, 4) is 0 Å². The molecule has 1 aromatic heterocycles. The van der Waals surface area contributed by atoms with Gasteiger partial charge in [0.25, 0.3) is 10.0 Å². The molecule has 7 nitrogen and oxygen atoms in total. The van der Waals surface area contributed by atoms with Gasteiger partial charge in [-0.2, -0.15) is 4.72 Å². The molecule has 0 radical (unpaired) electrons. The van der Waals surface area contributed by atoms with Crippen LogP contribution in [0.15, 0.2) is 21.7 Å². The van der Waals surface area contributed by atoms with Gasteiger partial charge in [-0.05, 0) is 44.2 Å². The Morgan fingerprint density at radius 2 is 2.21 bits per heavy atom. The fraction of sp³-hybridized carbons (Fsp3) is 0.667. The number of nitrogens with zero attached hydrogens (tertiary/aromatic N) is 1. The van der Waals surface area contributed by atoms with E-state index in [1.807, 2.05) is 0 Å². The molecule has 2 heterocycles. The van der Waals surface area contributed by atoms with Gasteiger partial charge in [0, 0.05) is 19.7 Å². The Balaban J connectivity index is 1.82. The molecule has 1 aliphatic rings. The summed E-state index contributed by atoms with van der Waals surface area (Å²) >= 11 is 1.13. The van der Waals surface area contributed by atoms with Gasteiger partial charge >= 0.3 is 0 Å². The highest BCUT2D eigenvalue weighted by Crippen LogP contribution is 2.18. The lowest BCUT2D eigenvalue weighted by molar-refractivity contribution is -0.135. The minimum Gasteiger partial charge on any atom is -0.378 e. The molecule has 1 aromatic rings. The summed E-state index contributed by atoms with van der Waals surface area (Å²) in [5.41, 5.74) is 5.44. The molecule has 9 heteroatoms. The van der Waals surface area contributed by atoms with Crippen molar-refractivity contribution in [1.82, 2.24) is 9.62 Å². The number of amides is 1. The number of thiophene rings is 1. The Labute approximate surface area is 147 Å². The van der Waals surface area contributed by atoms with Gasteiger partial charge in [-0.1, -0.05) is 6.07 Å². The first kappa shape index (κ1) is 19.3. The zero-order valence-corrected chi connectivity index (χ0v) is 15.4. The SMILES string of the molecule is CC(NS(=O)(=O)c1cccs1)C(=O)N1CCC(OCCCN)CC1. The fourth-order valence-electron chi connectivity index (χ4n) is 2.61. The molecule has 1 aliphatic heterocycles. The van der Waals surface area contributed by atoms with Crippen molar-refractivity contribution in [2.24, 2.45) is 5.73 Å². The number of nitrogens with one attached hydrogen (secondary N) is 1. The van der Waals surface area contributed by atoms with Crippen molar-refractivity contribution in [2.75, 3.05) is 26.2 Å². The summed E-state index contributed by atoms with van der Waals surface area (Å²) < 4.78 is 32.8. The monoisotopic (exact) mass is 375 g/mol. The maximum absolute atomic E-state index is 12.5. The molecule has 3 N–H and O–H groups in total. The van der Waals surface area contributed by atoms with Crippen molar-refractivity contribution < 1.29 is 17.9 Å². The molecule has 1 amide bonds. The van der Waals surface area contributed by atoms with Crippen molar-refractivity contribution in [3.63, 3.8) is 0 Å². The van der Waals surface area contributed by atoms with E-state index >= 15 is 0 Å². The lowest BCUT2D eigenvalue weighted by Crippen LogP contribution is -2.50. The summed E-state index contributed by atoms with van der Waals surface area (Å²) in [4.78, 5) is 14.2. The van der Waals surface area contributed by atoms with E-state index in [1.165, 1.54) is 6.07 Å². The third kappa shape index (κ3) is 5.25. The summed E-state index contributed by atoms with van der Waals surface area (Å²) in [6.45, 7) is 4.00. The lowest BCUT2D eigenvalue weighted by Gasteiger charge is -2.33. The normalized spacial score (nSPS) is 17.8. The van der Waals surface area contributed by atoms with Gasteiger partial charge in [0.2, 0.25) is 5.91 Å². The number of likely N-dealkylation sites (tertiary alicyclic amines) is 1. The molecular formula is C15H25N3O4S2. The van der Waals surface area contributed by atoms with Gasteiger partial charge in [0.05, 0.1) is 12.1 Å². The van der Waals surface area contributed by atoms with Crippen LogP contribution in [0.25, 0.3) is 0 Å². The maximum atomic E-state index is 12.5. The van der Waals surface area contributed by atoms with Gasteiger partial charge in [-0.25, -0.2) is 8.42 Å². The van der Waals surface area contributed by atoms with E-state index in [-0.39, 0.29) is 16.2 Å². The van der Waals surface area contributed by atoms with Gasteiger partial charge in [-0.3, -0.25) is 4.79 Å². The molecular weight excluding hydrogens is 350 g/mol. The molecule has 1 atom stereocenters. The number of rotatable bonds is 8. The molecule has 2 rings (SSSR count). The Morgan fingerprint density at radius 3 is 2.79 bits per heavy atom. The molecule has 136 valence electrons. The van der Waals surface area contributed by atoms with E-state index in [0.29, 0.717) is 26.2 Å². The molecule has 0 bridgehead atoms. The van der Waals surface area contributed by atoms with E-state index in [0.717, 1.165) is 30.6 Å². The number of carbonyl (C=O) groups excluding carboxylic acids is 1. The second-order valence-electron chi connectivity index (χ2n) is 5.81. The van der Waals surface area contributed by atoms with Crippen LogP contribution in [0.4, 0.5) is 0 Å². The van der Waals surface area contributed by atoms with Crippen LogP contribution in [0.2, 0.25) is 0 Å². The number of sulfonamides is 1. The minimum absolute atomic E-state index is 0.152. The third-order valence-corrected chi connectivity index (χ3v) is 6.86. The quantitative estimate of drug-likeness (QED) is 0.654. The van der Waals surface area contributed by atoms with Gasteiger partial charge in [-0.15, -0.1) is 11.3 Å². The number of piperidine rings is 1. The third-order valence-electron chi connectivity index (χ3n) is 3.92. The average molecular weight is 376 g/mol. The number of hydrogen-bond acceptors (Lipinski definition) is 6. The summed E-state index contributed by atoms with van der Waals surface area (Å²) in [5.74, 6) is -0.199. The van der Waals surface area contributed by atoms with E-state index in [1.54, 1.807) is 23.3 Å². The van der Waals surface area contributed by atoms with Crippen LogP contribution in [-0.4, -0.2) is 57.6 Å². The average Bonchev–Trinajstić information content (AvgIpc) is 3.10. The number of carbonyl (C=O) groups is 1. The topological polar surface area (TPSA) is 102 Å². The Kier molecular flexibility index (Phi) is 7.17. The first-order valence-corrected chi connectivity index (χ1v) is 10.5. The number of hydrogen-bond donors (Lipinski definition) is 2. The second-order valence-corrected chi connectivity index (χ2v) is 8.70. The number of ether oxygens (including phenoxy) is 1. The van der Waals surface area contributed by atoms with Crippen LogP contribution in [0.1, 0.15) is 26.2 Å². The summed E-state index contributed by atoms with van der Waals surface area (Å²) in [6.07, 6.45) is 2.51. The van der Waals surface area contributed by atoms with Crippen LogP contribution in [0, 0.1) is 0 Å². The molecule has 0 spiro atoms. The Bertz CT molecular complexity index is 611. The Hall–Kier alpha value is -1.00. The number of nitrogens with two attached hydrogens (primary N) is 1. The first-order chi connectivity index (χ1) is 11.4. The van der Waals surface area contributed by atoms with E-state index < -0.39 is 16.1 Å². The predicted octanol–water partition coefficient (Wildman–Crippen LogP) is 0.771. The molecule has 1 unspecified atom stereocenters. The second kappa shape index (κ2) is 8.91. The summed E-state index contributed by atoms with van der Waals surface area (Å²) in [5, 5.41) is 1.69. The Morgan fingerprint density at radius 1 is 1.50 bits per heavy atom. The highest BCUT2D eigenvalue weighted by Gasteiger charge is 2.29. The van der Waals surface area contributed by atoms with Crippen LogP contribution >= 0.6 is 11.3 Å². The van der Waals surface area contributed by atoms with E-state index in [2.05, 4.69) is 4.72 Å². The zero-order chi connectivity index (χ0) is 17.6. The largest absolute Gasteiger partial charge is 0.378 e. The summed E-state index contributed by atoms with van der Waals surface area (Å²) in [7, 11) is -3.64. The summed E-state index contributed by atoms with van der Waals surface area (Å²) in [6, 6.07) is 2.40. The lowest BCUT2D eigenvalue weighted by atomic mass is 10.1. The predicted molar refractivity (Wildman–Crippen MR) is 93.3 cm³/mol. The van der Waals surface area contributed by atoms with Crippen molar-refractivity contribution in [2.45, 2.75) is 42.5 Å². The molecule has 1 saturated heterocycles. The van der Waals surface area contributed by atoms with Gasteiger partial charge in [0.1, 0.15) is 4.21 Å². The highest BCUT2D eigenvalue weighted by molar-refractivity contribution is 7.91. The highest BCUT2D eigenvalue weighted by atomic mass is 32.2. The van der Waals surface area contributed by atoms with Crippen molar-refractivity contribution >= 4 is 27.3 Å². The van der Waals surface area contributed by atoms with Gasteiger partial charge in [0.15, 0.2) is 0 Å². The smallest absolute Gasteiger partial charge is 0.250 e. The molecule has 0 aliphatic carbocycles.